The molecule has 1 aliphatic rings. The number of nitrogens with two attached hydrogens (primary N) is 1. The average molecular weight is 233 g/mol. The van der Waals surface area contributed by atoms with E-state index in [0.717, 1.165) is 18.5 Å². The lowest BCUT2D eigenvalue weighted by atomic mass is 10.00. The molecule has 2 atom stereocenters. The Labute approximate surface area is 104 Å². The van der Waals surface area contributed by atoms with Crippen LogP contribution in [0.4, 0.5) is 0 Å². The van der Waals surface area contributed by atoms with Crippen molar-refractivity contribution in [3.05, 3.63) is 29.6 Å². The second-order valence-electron chi connectivity index (χ2n) is 5.79. The molecule has 0 aromatic carbocycles. The molecule has 0 bridgehead atoms. The first kappa shape index (κ1) is 12.5. The molecule has 3 heteroatoms. The lowest BCUT2D eigenvalue weighted by Crippen LogP contribution is -2.39. The van der Waals surface area contributed by atoms with Gasteiger partial charge in [-0.25, -0.2) is 0 Å². The van der Waals surface area contributed by atoms with Crippen LogP contribution in [0.2, 0.25) is 0 Å². The molecule has 94 valence electrons. The molecule has 2 unspecified atom stereocenters. The average Bonchev–Trinajstić information content (AvgIpc) is 2.96. The highest BCUT2D eigenvalue weighted by atomic mass is 15.2. The van der Waals surface area contributed by atoms with Crippen molar-refractivity contribution in [1.82, 2.24) is 10.4 Å². The Bertz CT molecular complexity index is 370. The van der Waals surface area contributed by atoms with E-state index in [0.29, 0.717) is 17.4 Å². The minimum atomic E-state index is 0.352. The number of hydrogen-bond acceptors (Lipinski definition) is 3. The molecular formula is C14H23N3. The molecule has 1 aromatic heterocycles. The van der Waals surface area contributed by atoms with Crippen LogP contribution in [0.15, 0.2) is 18.3 Å². The molecule has 1 heterocycles. The zero-order chi connectivity index (χ0) is 12.5. The number of hydrogen-bond donors (Lipinski definition) is 2. The summed E-state index contributed by atoms with van der Waals surface area (Å²) in [5.74, 6) is 6.34. The van der Waals surface area contributed by atoms with Crippen molar-refractivity contribution in [2.45, 2.75) is 46.1 Å². The summed E-state index contributed by atoms with van der Waals surface area (Å²) in [6.07, 6.45) is 5.20. The van der Waals surface area contributed by atoms with E-state index < -0.39 is 0 Å². The van der Waals surface area contributed by atoms with E-state index >= 15 is 0 Å². The van der Waals surface area contributed by atoms with Crippen molar-refractivity contribution in [2.75, 3.05) is 0 Å². The maximum absolute atomic E-state index is 5.66. The first-order valence-electron chi connectivity index (χ1n) is 6.46. The Morgan fingerprint density at radius 3 is 2.65 bits per heavy atom. The second-order valence-corrected chi connectivity index (χ2v) is 5.79. The summed E-state index contributed by atoms with van der Waals surface area (Å²) >= 11 is 0. The van der Waals surface area contributed by atoms with Crippen molar-refractivity contribution in [3.63, 3.8) is 0 Å². The molecule has 3 nitrogen and oxygen atoms in total. The van der Waals surface area contributed by atoms with Crippen LogP contribution in [0.25, 0.3) is 0 Å². The van der Waals surface area contributed by atoms with E-state index in [1.807, 2.05) is 6.20 Å². The molecule has 0 spiro atoms. The quantitative estimate of drug-likeness (QED) is 0.604. The van der Waals surface area contributed by atoms with Gasteiger partial charge in [-0.05, 0) is 35.8 Å². The molecular weight excluding hydrogens is 210 g/mol. The van der Waals surface area contributed by atoms with Crippen LogP contribution in [0.3, 0.4) is 0 Å². The van der Waals surface area contributed by atoms with Gasteiger partial charge in [-0.2, -0.15) is 0 Å². The number of rotatable bonds is 5. The molecule has 1 saturated carbocycles. The van der Waals surface area contributed by atoms with Gasteiger partial charge in [0.1, 0.15) is 0 Å². The molecule has 0 radical (unpaired) electrons. The van der Waals surface area contributed by atoms with E-state index in [1.54, 1.807) is 0 Å². The number of hydrazine groups is 1. The Hall–Kier alpha value is -0.930. The fourth-order valence-electron chi connectivity index (χ4n) is 2.52. The SMILES string of the molecule is CCc1ccc(CC(NN)C2CC2(C)C)nc1. The number of aryl methyl sites for hydroxylation is 1. The van der Waals surface area contributed by atoms with Gasteiger partial charge in [-0.15, -0.1) is 0 Å². The van der Waals surface area contributed by atoms with E-state index in [2.05, 4.69) is 43.3 Å². The maximum atomic E-state index is 5.66. The maximum Gasteiger partial charge on any atom is 0.0419 e. The van der Waals surface area contributed by atoms with Crippen molar-refractivity contribution < 1.29 is 0 Å². The van der Waals surface area contributed by atoms with E-state index in [4.69, 9.17) is 5.84 Å². The Morgan fingerprint density at radius 2 is 2.24 bits per heavy atom. The zero-order valence-electron chi connectivity index (χ0n) is 11.0. The van der Waals surface area contributed by atoms with Crippen LogP contribution >= 0.6 is 0 Å². The summed E-state index contributed by atoms with van der Waals surface area (Å²) in [4.78, 5) is 4.50. The minimum Gasteiger partial charge on any atom is -0.271 e. The number of nitrogens with zero attached hydrogens (tertiary/aromatic N) is 1. The monoisotopic (exact) mass is 233 g/mol. The number of nitrogens with one attached hydrogen (secondary N) is 1. The molecule has 1 aromatic rings. The lowest BCUT2D eigenvalue weighted by molar-refractivity contribution is 0.406. The van der Waals surface area contributed by atoms with E-state index in [1.165, 1.54) is 12.0 Å². The first-order chi connectivity index (χ1) is 8.06. The fraction of sp³-hybridized carbons (Fsp3) is 0.643. The standard InChI is InChI=1S/C14H23N3/c1-4-10-5-6-11(16-9-10)7-13(17-15)12-8-14(12,2)3/h5-6,9,12-13,17H,4,7-8,15H2,1-3H3. The summed E-state index contributed by atoms with van der Waals surface area (Å²) in [5.41, 5.74) is 5.82. The summed E-state index contributed by atoms with van der Waals surface area (Å²) in [5, 5.41) is 0. The van der Waals surface area contributed by atoms with E-state index in [-0.39, 0.29) is 0 Å². The summed E-state index contributed by atoms with van der Waals surface area (Å²) in [6, 6.07) is 4.64. The summed E-state index contributed by atoms with van der Waals surface area (Å²) < 4.78 is 0. The summed E-state index contributed by atoms with van der Waals surface area (Å²) in [6.45, 7) is 6.75. The number of pyridine rings is 1. The van der Waals surface area contributed by atoms with Gasteiger partial charge in [-0.3, -0.25) is 16.3 Å². The van der Waals surface area contributed by atoms with Gasteiger partial charge >= 0.3 is 0 Å². The molecule has 3 N–H and O–H groups in total. The van der Waals surface area contributed by atoms with Gasteiger partial charge in [0.25, 0.3) is 0 Å². The smallest absolute Gasteiger partial charge is 0.0419 e. The molecule has 17 heavy (non-hydrogen) atoms. The fourth-order valence-corrected chi connectivity index (χ4v) is 2.52. The Morgan fingerprint density at radius 1 is 1.53 bits per heavy atom. The third-order valence-electron chi connectivity index (χ3n) is 4.01. The van der Waals surface area contributed by atoms with Crippen LogP contribution in [-0.4, -0.2) is 11.0 Å². The van der Waals surface area contributed by atoms with Crippen LogP contribution in [0, 0.1) is 11.3 Å². The van der Waals surface area contributed by atoms with Gasteiger partial charge in [0, 0.05) is 24.4 Å². The highest BCUT2D eigenvalue weighted by Crippen LogP contribution is 2.53. The minimum absolute atomic E-state index is 0.352. The topological polar surface area (TPSA) is 50.9 Å². The van der Waals surface area contributed by atoms with Crippen molar-refractivity contribution >= 4 is 0 Å². The Balaban J connectivity index is 1.98. The molecule has 0 amide bonds. The highest BCUT2D eigenvalue weighted by molar-refractivity contribution is 5.16. The number of aromatic nitrogens is 1. The molecule has 0 saturated heterocycles. The normalized spacial score (nSPS) is 23.4. The van der Waals surface area contributed by atoms with Gasteiger partial charge in [-0.1, -0.05) is 26.8 Å². The molecule has 0 aliphatic heterocycles. The Kier molecular flexibility index (Phi) is 3.50. The van der Waals surface area contributed by atoms with E-state index in [9.17, 15) is 0 Å². The third-order valence-corrected chi connectivity index (χ3v) is 4.01. The van der Waals surface area contributed by atoms with Gasteiger partial charge in [0.2, 0.25) is 0 Å². The molecule has 2 rings (SSSR count). The van der Waals surface area contributed by atoms with Crippen LogP contribution in [0.5, 0.6) is 0 Å². The largest absolute Gasteiger partial charge is 0.271 e. The lowest BCUT2D eigenvalue weighted by Gasteiger charge is -2.17. The van der Waals surface area contributed by atoms with Crippen molar-refractivity contribution in [3.8, 4) is 0 Å². The van der Waals surface area contributed by atoms with Gasteiger partial charge in [0.05, 0.1) is 0 Å². The van der Waals surface area contributed by atoms with Crippen LogP contribution in [0.1, 0.15) is 38.4 Å². The van der Waals surface area contributed by atoms with Gasteiger partial charge in [0.15, 0.2) is 0 Å². The third kappa shape index (κ3) is 2.85. The summed E-state index contributed by atoms with van der Waals surface area (Å²) in [7, 11) is 0. The van der Waals surface area contributed by atoms with Gasteiger partial charge < -0.3 is 0 Å². The van der Waals surface area contributed by atoms with Crippen LogP contribution in [-0.2, 0) is 12.8 Å². The van der Waals surface area contributed by atoms with Crippen molar-refractivity contribution in [1.29, 1.82) is 0 Å². The van der Waals surface area contributed by atoms with Crippen LogP contribution < -0.4 is 11.3 Å². The first-order valence-corrected chi connectivity index (χ1v) is 6.46. The predicted octanol–water partition coefficient (Wildman–Crippen LogP) is 2.06. The molecule has 1 aliphatic carbocycles. The predicted molar refractivity (Wildman–Crippen MR) is 70.3 cm³/mol. The zero-order valence-corrected chi connectivity index (χ0v) is 11.0. The molecule has 1 fully saturated rings. The second kappa shape index (κ2) is 4.75. The highest BCUT2D eigenvalue weighted by Gasteiger charge is 2.49. The van der Waals surface area contributed by atoms with Crippen molar-refractivity contribution in [2.24, 2.45) is 17.2 Å².